The summed E-state index contributed by atoms with van der Waals surface area (Å²) in [6.07, 6.45) is 0. The highest BCUT2D eigenvalue weighted by Gasteiger charge is 2.20. The maximum Gasteiger partial charge on any atom is 0.338 e. The first-order valence-corrected chi connectivity index (χ1v) is 9.38. The van der Waals surface area contributed by atoms with Crippen molar-refractivity contribution >= 4 is 17.6 Å². The van der Waals surface area contributed by atoms with Crippen molar-refractivity contribution < 1.29 is 37.3 Å². The number of carbonyl (C=O) groups is 2. The molecule has 0 spiro atoms. The third-order valence-corrected chi connectivity index (χ3v) is 3.68. The molecule has 162 valence electrons. The number of hydrogen-bond acceptors (Lipinski definition) is 6. The number of benzene rings is 2. The summed E-state index contributed by atoms with van der Waals surface area (Å²) in [7, 11) is 0. The fraction of sp³-hybridized carbons (Fsp3) is 0.333. The Labute approximate surface area is 172 Å². The zero-order valence-corrected chi connectivity index (χ0v) is 16.9. The van der Waals surface area contributed by atoms with Crippen LogP contribution in [0.3, 0.4) is 0 Å². The first-order valence-electron chi connectivity index (χ1n) is 9.38. The fourth-order valence-electron chi connectivity index (χ4n) is 2.49. The van der Waals surface area contributed by atoms with E-state index in [9.17, 15) is 18.4 Å². The van der Waals surface area contributed by atoms with Crippen LogP contribution in [0.5, 0.6) is 17.2 Å². The van der Waals surface area contributed by atoms with Gasteiger partial charge in [0.25, 0.3) is 5.91 Å². The van der Waals surface area contributed by atoms with Gasteiger partial charge >= 0.3 is 5.97 Å². The number of nitrogens with one attached hydrogen (secondary N) is 1. The lowest BCUT2D eigenvalue weighted by molar-refractivity contribution is -0.119. The maximum absolute atomic E-state index is 13.2. The number of ether oxygens (including phenoxy) is 4. The summed E-state index contributed by atoms with van der Waals surface area (Å²) < 4.78 is 47.8. The van der Waals surface area contributed by atoms with Crippen molar-refractivity contribution in [1.82, 2.24) is 0 Å². The Hall–Kier alpha value is -3.36. The molecular formula is C21H23F2NO6. The van der Waals surface area contributed by atoms with Gasteiger partial charge in [-0.1, -0.05) is 0 Å². The molecule has 0 aliphatic heterocycles. The standard InChI is InChI=1S/C21H23F2NO6/c1-4-27-17-9-13(10-18(28-5-2)20(17)29-6-3)21(26)30-12-19(25)24-14-7-8-15(22)16(23)11-14/h7-11H,4-6,12H2,1-3H3,(H,24,25). The Morgan fingerprint density at radius 1 is 0.867 bits per heavy atom. The molecule has 1 amide bonds. The SMILES string of the molecule is CCOc1cc(C(=O)OCC(=O)Nc2ccc(F)c(F)c2)cc(OCC)c1OCC. The van der Waals surface area contributed by atoms with Crippen LogP contribution in [-0.4, -0.2) is 38.3 Å². The minimum absolute atomic E-state index is 0.0354. The second-order valence-corrected chi connectivity index (χ2v) is 5.85. The van der Waals surface area contributed by atoms with E-state index in [-0.39, 0.29) is 11.3 Å². The Morgan fingerprint density at radius 2 is 1.47 bits per heavy atom. The molecule has 0 atom stereocenters. The van der Waals surface area contributed by atoms with E-state index in [1.54, 1.807) is 20.8 Å². The number of halogens is 2. The van der Waals surface area contributed by atoms with Gasteiger partial charge in [-0.3, -0.25) is 4.79 Å². The molecule has 0 aliphatic rings. The second-order valence-electron chi connectivity index (χ2n) is 5.85. The minimum Gasteiger partial charge on any atom is -0.490 e. The first-order chi connectivity index (χ1) is 14.4. The highest BCUT2D eigenvalue weighted by atomic mass is 19.2. The predicted octanol–water partition coefficient (Wildman–Crippen LogP) is 3.96. The summed E-state index contributed by atoms with van der Waals surface area (Å²) in [5, 5.41) is 2.31. The molecule has 30 heavy (non-hydrogen) atoms. The lowest BCUT2D eigenvalue weighted by atomic mass is 10.2. The van der Waals surface area contributed by atoms with Crippen LogP contribution in [0.15, 0.2) is 30.3 Å². The number of carbonyl (C=O) groups excluding carboxylic acids is 2. The zero-order valence-electron chi connectivity index (χ0n) is 16.9. The third-order valence-electron chi connectivity index (χ3n) is 3.68. The van der Waals surface area contributed by atoms with Gasteiger partial charge in [0.1, 0.15) is 0 Å². The number of hydrogen-bond donors (Lipinski definition) is 1. The van der Waals surface area contributed by atoms with E-state index >= 15 is 0 Å². The molecule has 9 heteroatoms. The van der Waals surface area contributed by atoms with E-state index in [1.165, 1.54) is 18.2 Å². The van der Waals surface area contributed by atoms with Gasteiger partial charge in [-0.25, -0.2) is 13.6 Å². The molecule has 2 aromatic rings. The molecule has 0 saturated carbocycles. The first kappa shape index (κ1) is 22.9. The van der Waals surface area contributed by atoms with Gasteiger partial charge < -0.3 is 24.3 Å². The van der Waals surface area contributed by atoms with Crippen molar-refractivity contribution in [3.63, 3.8) is 0 Å². The zero-order chi connectivity index (χ0) is 22.1. The maximum atomic E-state index is 13.2. The van der Waals surface area contributed by atoms with E-state index in [0.717, 1.165) is 12.1 Å². The Bertz CT molecular complexity index is 876. The van der Waals surface area contributed by atoms with Crippen LogP contribution in [0.1, 0.15) is 31.1 Å². The quantitative estimate of drug-likeness (QED) is 0.583. The Morgan fingerprint density at radius 3 is 2.00 bits per heavy atom. The molecule has 7 nitrogen and oxygen atoms in total. The lowest BCUT2D eigenvalue weighted by Gasteiger charge is -2.16. The normalized spacial score (nSPS) is 10.3. The van der Waals surface area contributed by atoms with E-state index in [0.29, 0.717) is 37.1 Å². The summed E-state index contributed by atoms with van der Waals surface area (Å²) in [6.45, 7) is 5.78. The average Bonchev–Trinajstić information content (AvgIpc) is 2.71. The Kier molecular flexibility index (Phi) is 8.40. The van der Waals surface area contributed by atoms with E-state index < -0.39 is 30.1 Å². The van der Waals surface area contributed by atoms with Gasteiger partial charge in [-0.05, 0) is 45.0 Å². The molecule has 1 N–H and O–H groups in total. The van der Waals surface area contributed by atoms with E-state index in [2.05, 4.69) is 5.32 Å². The molecule has 0 bridgehead atoms. The van der Waals surface area contributed by atoms with Crippen molar-refractivity contribution in [3.8, 4) is 17.2 Å². The van der Waals surface area contributed by atoms with Crippen molar-refractivity contribution in [2.75, 3.05) is 31.7 Å². The predicted molar refractivity (Wildman–Crippen MR) is 105 cm³/mol. The molecule has 0 heterocycles. The van der Waals surface area contributed by atoms with Crippen molar-refractivity contribution in [1.29, 1.82) is 0 Å². The summed E-state index contributed by atoms with van der Waals surface area (Å²) >= 11 is 0. The fourth-order valence-corrected chi connectivity index (χ4v) is 2.49. The average molecular weight is 423 g/mol. The van der Waals surface area contributed by atoms with Crippen LogP contribution < -0.4 is 19.5 Å². The largest absolute Gasteiger partial charge is 0.490 e. The van der Waals surface area contributed by atoms with Gasteiger partial charge in [-0.2, -0.15) is 0 Å². The second kappa shape index (κ2) is 11.0. The van der Waals surface area contributed by atoms with Crippen LogP contribution in [0.4, 0.5) is 14.5 Å². The molecule has 0 fully saturated rings. The lowest BCUT2D eigenvalue weighted by Crippen LogP contribution is -2.21. The minimum atomic E-state index is -1.11. The summed E-state index contributed by atoms with van der Waals surface area (Å²) in [5.41, 5.74) is 0.138. The van der Waals surface area contributed by atoms with Crippen LogP contribution in [0.25, 0.3) is 0 Å². The van der Waals surface area contributed by atoms with E-state index in [4.69, 9.17) is 18.9 Å². The van der Waals surface area contributed by atoms with Gasteiger partial charge in [-0.15, -0.1) is 0 Å². The molecule has 0 aliphatic carbocycles. The smallest absolute Gasteiger partial charge is 0.338 e. The van der Waals surface area contributed by atoms with E-state index in [1.807, 2.05) is 0 Å². The van der Waals surface area contributed by atoms with Gasteiger partial charge in [0.2, 0.25) is 5.75 Å². The van der Waals surface area contributed by atoms with Crippen molar-refractivity contribution in [2.45, 2.75) is 20.8 Å². The van der Waals surface area contributed by atoms with Crippen LogP contribution in [-0.2, 0) is 9.53 Å². The highest BCUT2D eigenvalue weighted by Crippen LogP contribution is 2.39. The summed E-state index contributed by atoms with van der Waals surface area (Å²) in [5.74, 6) is -2.66. The van der Waals surface area contributed by atoms with Gasteiger partial charge in [0.05, 0.1) is 25.4 Å². The number of amides is 1. The molecule has 0 saturated heterocycles. The highest BCUT2D eigenvalue weighted by molar-refractivity contribution is 5.96. The van der Waals surface area contributed by atoms with Crippen molar-refractivity contribution in [2.24, 2.45) is 0 Å². The third kappa shape index (κ3) is 6.07. The van der Waals surface area contributed by atoms with Crippen LogP contribution >= 0.6 is 0 Å². The topological polar surface area (TPSA) is 83.1 Å². The van der Waals surface area contributed by atoms with Gasteiger partial charge in [0, 0.05) is 11.8 Å². The monoisotopic (exact) mass is 423 g/mol. The Balaban J connectivity index is 2.11. The van der Waals surface area contributed by atoms with Crippen molar-refractivity contribution in [3.05, 3.63) is 47.5 Å². The molecule has 2 aromatic carbocycles. The number of rotatable bonds is 10. The molecule has 0 aromatic heterocycles. The molecule has 2 rings (SSSR count). The molecule has 0 radical (unpaired) electrons. The molecule has 0 unspecified atom stereocenters. The number of anilines is 1. The summed E-state index contributed by atoms with van der Waals surface area (Å²) in [4.78, 5) is 24.4. The summed E-state index contributed by atoms with van der Waals surface area (Å²) in [6, 6.07) is 5.76. The van der Waals surface area contributed by atoms with Crippen LogP contribution in [0.2, 0.25) is 0 Å². The van der Waals surface area contributed by atoms with Crippen LogP contribution in [0, 0.1) is 11.6 Å². The van der Waals surface area contributed by atoms with Gasteiger partial charge in [0.15, 0.2) is 29.7 Å². The number of esters is 1. The molecular weight excluding hydrogens is 400 g/mol.